The third kappa shape index (κ3) is 5.28. The lowest BCUT2D eigenvalue weighted by Gasteiger charge is -2.19. The second-order valence-electron chi connectivity index (χ2n) is 5.86. The van der Waals surface area contributed by atoms with Crippen LogP contribution in [0.3, 0.4) is 0 Å². The van der Waals surface area contributed by atoms with Gasteiger partial charge in [-0.2, -0.15) is 0 Å². The summed E-state index contributed by atoms with van der Waals surface area (Å²) in [5.74, 6) is -0.246. The van der Waals surface area contributed by atoms with Gasteiger partial charge in [-0.15, -0.1) is 11.3 Å². The molecule has 0 unspecified atom stereocenters. The summed E-state index contributed by atoms with van der Waals surface area (Å²) in [6, 6.07) is 8.27. The van der Waals surface area contributed by atoms with Gasteiger partial charge in [-0.3, -0.25) is 9.69 Å². The SMILES string of the molecule is CCN(CC(=O)Nc1cc(S(=O)(=O)N(C)C)ccc1Cl)Cc1cccs1. The third-order valence-corrected chi connectivity index (χ3v) is 6.77. The Balaban J connectivity index is 2.10. The number of carbonyl (C=O) groups excluding carboxylic acids is 1. The topological polar surface area (TPSA) is 69.7 Å². The number of hydrogen-bond donors (Lipinski definition) is 1. The monoisotopic (exact) mass is 415 g/mol. The molecule has 1 aromatic heterocycles. The van der Waals surface area contributed by atoms with E-state index >= 15 is 0 Å². The zero-order valence-electron chi connectivity index (χ0n) is 14.9. The van der Waals surface area contributed by atoms with Crippen molar-refractivity contribution in [2.24, 2.45) is 0 Å². The second kappa shape index (κ2) is 8.96. The number of benzene rings is 1. The largest absolute Gasteiger partial charge is 0.324 e. The van der Waals surface area contributed by atoms with E-state index in [4.69, 9.17) is 11.6 Å². The number of rotatable bonds is 8. The number of nitrogens with one attached hydrogen (secondary N) is 1. The van der Waals surface area contributed by atoms with E-state index in [1.165, 1.54) is 37.2 Å². The van der Waals surface area contributed by atoms with Crippen molar-refractivity contribution in [2.75, 3.05) is 32.5 Å². The summed E-state index contributed by atoms with van der Waals surface area (Å²) in [7, 11) is -0.699. The molecule has 0 saturated carbocycles. The number of amides is 1. The van der Waals surface area contributed by atoms with Crippen molar-refractivity contribution in [1.29, 1.82) is 0 Å². The summed E-state index contributed by atoms with van der Waals surface area (Å²) in [6.45, 7) is 3.58. The van der Waals surface area contributed by atoms with Crippen molar-refractivity contribution in [2.45, 2.75) is 18.4 Å². The summed E-state index contributed by atoms with van der Waals surface area (Å²) in [6.07, 6.45) is 0. The summed E-state index contributed by atoms with van der Waals surface area (Å²) >= 11 is 7.76. The van der Waals surface area contributed by atoms with Gasteiger partial charge in [0.05, 0.1) is 22.2 Å². The lowest BCUT2D eigenvalue weighted by molar-refractivity contribution is -0.117. The molecule has 9 heteroatoms. The van der Waals surface area contributed by atoms with Gasteiger partial charge in [0.1, 0.15) is 0 Å². The van der Waals surface area contributed by atoms with E-state index in [0.717, 1.165) is 4.31 Å². The molecule has 0 radical (unpaired) electrons. The van der Waals surface area contributed by atoms with Crippen molar-refractivity contribution in [3.63, 3.8) is 0 Å². The van der Waals surface area contributed by atoms with Crippen LogP contribution in [0.15, 0.2) is 40.6 Å². The van der Waals surface area contributed by atoms with Gasteiger partial charge in [0, 0.05) is 25.5 Å². The number of nitrogens with zero attached hydrogens (tertiary/aromatic N) is 2. The summed E-state index contributed by atoms with van der Waals surface area (Å²) < 4.78 is 25.6. The molecule has 2 aromatic rings. The number of thiophene rings is 1. The van der Waals surface area contributed by atoms with Gasteiger partial charge in [-0.05, 0) is 36.2 Å². The number of anilines is 1. The van der Waals surface area contributed by atoms with Crippen LogP contribution in [0.25, 0.3) is 0 Å². The van der Waals surface area contributed by atoms with Gasteiger partial charge in [0.25, 0.3) is 0 Å². The van der Waals surface area contributed by atoms with Crippen molar-refractivity contribution in [3.8, 4) is 0 Å². The third-order valence-electron chi connectivity index (χ3n) is 3.76. The molecule has 26 heavy (non-hydrogen) atoms. The maximum atomic E-state index is 12.4. The minimum atomic E-state index is -3.60. The number of hydrogen-bond acceptors (Lipinski definition) is 5. The Hall–Kier alpha value is -1.45. The van der Waals surface area contributed by atoms with Crippen LogP contribution in [-0.4, -0.2) is 50.7 Å². The fourth-order valence-electron chi connectivity index (χ4n) is 2.27. The first-order valence-corrected chi connectivity index (χ1v) is 10.7. The Kier molecular flexibility index (Phi) is 7.19. The molecule has 0 aliphatic carbocycles. The highest BCUT2D eigenvalue weighted by atomic mass is 35.5. The lowest BCUT2D eigenvalue weighted by Crippen LogP contribution is -2.32. The van der Waals surface area contributed by atoms with Gasteiger partial charge in [0.15, 0.2) is 0 Å². The van der Waals surface area contributed by atoms with Gasteiger partial charge < -0.3 is 5.32 Å². The minimum Gasteiger partial charge on any atom is -0.324 e. The molecule has 1 N–H and O–H groups in total. The van der Waals surface area contributed by atoms with Crippen molar-refractivity contribution in [1.82, 2.24) is 9.21 Å². The van der Waals surface area contributed by atoms with E-state index < -0.39 is 10.0 Å². The van der Waals surface area contributed by atoms with Crippen LogP contribution in [0.1, 0.15) is 11.8 Å². The molecule has 0 atom stereocenters. The lowest BCUT2D eigenvalue weighted by atomic mass is 10.3. The Bertz CT molecular complexity index is 852. The summed E-state index contributed by atoms with van der Waals surface area (Å²) in [5, 5.41) is 5.00. The Morgan fingerprint density at radius 1 is 1.27 bits per heavy atom. The molecule has 0 spiro atoms. The quantitative estimate of drug-likeness (QED) is 0.719. The first-order valence-electron chi connectivity index (χ1n) is 8.00. The van der Waals surface area contributed by atoms with E-state index in [1.807, 2.05) is 29.3 Å². The number of halogens is 1. The fraction of sp³-hybridized carbons (Fsp3) is 0.353. The molecule has 0 fully saturated rings. The number of likely N-dealkylation sites (N-methyl/N-ethyl adjacent to an activating group) is 1. The van der Waals surface area contributed by atoms with E-state index in [0.29, 0.717) is 13.1 Å². The van der Waals surface area contributed by atoms with Crippen LogP contribution in [0, 0.1) is 0 Å². The Labute approximate surface area is 163 Å². The maximum Gasteiger partial charge on any atom is 0.242 e. The predicted molar refractivity (Wildman–Crippen MR) is 106 cm³/mol. The van der Waals surface area contributed by atoms with Crippen molar-refractivity contribution >= 4 is 44.6 Å². The first kappa shape index (κ1) is 20.9. The minimum absolute atomic E-state index is 0.0770. The number of sulfonamides is 1. The molecule has 0 bridgehead atoms. The van der Waals surface area contributed by atoms with E-state index in [9.17, 15) is 13.2 Å². The molecule has 2 rings (SSSR count). The van der Waals surface area contributed by atoms with Crippen molar-refractivity contribution in [3.05, 3.63) is 45.6 Å². The standard InChI is InChI=1S/C17H22ClN3O3S2/c1-4-21(11-13-6-5-9-25-13)12-17(22)19-16-10-14(7-8-15(16)18)26(23,24)20(2)3/h5-10H,4,11-12H2,1-3H3,(H,19,22). The van der Waals surface area contributed by atoms with Gasteiger partial charge in [-0.25, -0.2) is 12.7 Å². The van der Waals surface area contributed by atoms with Crippen LogP contribution in [-0.2, 0) is 21.4 Å². The van der Waals surface area contributed by atoms with Crippen molar-refractivity contribution < 1.29 is 13.2 Å². The summed E-state index contributed by atoms with van der Waals surface area (Å²) in [4.78, 5) is 15.6. The molecular formula is C17H22ClN3O3S2. The molecule has 1 amide bonds. The Morgan fingerprint density at radius 2 is 2.00 bits per heavy atom. The molecule has 1 heterocycles. The molecule has 1 aromatic carbocycles. The zero-order chi connectivity index (χ0) is 19.3. The van der Waals surface area contributed by atoms with Crippen LogP contribution in [0.2, 0.25) is 5.02 Å². The fourth-order valence-corrected chi connectivity index (χ4v) is 4.11. The zero-order valence-corrected chi connectivity index (χ0v) is 17.3. The smallest absolute Gasteiger partial charge is 0.242 e. The highest BCUT2D eigenvalue weighted by Crippen LogP contribution is 2.26. The van der Waals surface area contributed by atoms with Crippen LogP contribution in [0.4, 0.5) is 5.69 Å². The highest BCUT2D eigenvalue weighted by molar-refractivity contribution is 7.89. The average Bonchev–Trinajstić information content (AvgIpc) is 3.08. The van der Waals surface area contributed by atoms with E-state index in [1.54, 1.807) is 11.3 Å². The maximum absolute atomic E-state index is 12.4. The molecule has 0 saturated heterocycles. The highest BCUT2D eigenvalue weighted by Gasteiger charge is 2.19. The van der Waals surface area contributed by atoms with Gasteiger partial charge in [-0.1, -0.05) is 24.6 Å². The molecule has 142 valence electrons. The summed E-state index contributed by atoms with van der Waals surface area (Å²) in [5.41, 5.74) is 0.284. The van der Waals surface area contributed by atoms with Crippen LogP contribution >= 0.6 is 22.9 Å². The average molecular weight is 416 g/mol. The van der Waals surface area contributed by atoms with E-state index in [2.05, 4.69) is 5.32 Å². The second-order valence-corrected chi connectivity index (χ2v) is 9.45. The van der Waals surface area contributed by atoms with E-state index in [-0.39, 0.29) is 28.1 Å². The molecule has 0 aliphatic rings. The normalized spacial score (nSPS) is 11.9. The Morgan fingerprint density at radius 3 is 2.58 bits per heavy atom. The molecular weight excluding hydrogens is 394 g/mol. The van der Waals surface area contributed by atoms with Gasteiger partial charge >= 0.3 is 0 Å². The predicted octanol–water partition coefficient (Wildman–Crippen LogP) is 3.11. The number of carbonyl (C=O) groups is 1. The van der Waals surface area contributed by atoms with Crippen LogP contribution in [0.5, 0.6) is 0 Å². The first-order chi connectivity index (χ1) is 12.2. The van der Waals surface area contributed by atoms with Crippen LogP contribution < -0.4 is 5.32 Å². The molecule has 6 nitrogen and oxygen atoms in total. The molecule has 0 aliphatic heterocycles. The van der Waals surface area contributed by atoms with Gasteiger partial charge in [0.2, 0.25) is 15.9 Å².